The number of carbonyl (C=O) groups excluding carboxylic acids is 2. The molecule has 1 atom stereocenters. The van der Waals surface area contributed by atoms with E-state index in [2.05, 4.69) is 27.8 Å². The van der Waals surface area contributed by atoms with Gasteiger partial charge < -0.3 is 10.1 Å². The van der Waals surface area contributed by atoms with Crippen LogP contribution in [0.15, 0.2) is 126 Å². The monoisotopic (exact) mass is 608 g/mol. The third-order valence-electron chi connectivity index (χ3n) is 7.30. The molecule has 4 aromatic carbocycles. The number of hydrogen-bond donors (Lipinski definition) is 1. The average Bonchev–Trinajstić information content (AvgIpc) is 3.17. The fourth-order valence-electron chi connectivity index (χ4n) is 5.79. The first-order chi connectivity index (χ1) is 19.6. The minimum atomic E-state index is -1.44. The van der Waals surface area contributed by atoms with E-state index in [1.54, 1.807) is 26.8 Å². The third-order valence-corrected chi connectivity index (χ3v) is 7.80. The summed E-state index contributed by atoms with van der Waals surface area (Å²) in [6, 6.07) is 35.7. The van der Waals surface area contributed by atoms with Crippen molar-refractivity contribution >= 4 is 33.6 Å². The van der Waals surface area contributed by atoms with Gasteiger partial charge in [0.25, 0.3) is 5.91 Å². The van der Waals surface area contributed by atoms with E-state index in [0.29, 0.717) is 11.3 Å². The quantitative estimate of drug-likeness (QED) is 0.170. The molecule has 0 aromatic heterocycles. The zero-order valence-electron chi connectivity index (χ0n) is 23.4. The van der Waals surface area contributed by atoms with Crippen molar-refractivity contribution < 1.29 is 14.3 Å². The van der Waals surface area contributed by atoms with E-state index >= 15 is 4.79 Å². The Balaban J connectivity index is 1.87. The summed E-state index contributed by atoms with van der Waals surface area (Å²) in [5.41, 5.74) is 0.807. The molecule has 0 fully saturated rings. The zero-order chi connectivity index (χ0) is 29.3. The molecule has 1 aliphatic heterocycles. The molecule has 1 heterocycles. The first-order valence-electron chi connectivity index (χ1n) is 13.6. The highest BCUT2D eigenvalue weighted by molar-refractivity contribution is 9.10. The van der Waals surface area contributed by atoms with Gasteiger partial charge in [-0.2, -0.15) is 0 Å². The van der Waals surface area contributed by atoms with Gasteiger partial charge in [0.05, 0.1) is 5.69 Å². The lowest BCUT2D eigenvalue weighted by Crippen LogP contribution is -2.58. The molecular formula is C35H33BrN2O3. The molecule has 208 valence electrons. The SMILES string of the molecule is C=CC[C@@]1(NC(=O)OC(C)(C)C)C(=O)N(C(c2ccccc2)(c2ccccc2)c2ccccc2)c2cc(Br)ccc21. The van der Waals surface area contributed by atoms with Crippen LogP contribution < -0.4 is 10.2 Å². The van der Waals surface area contributed by atoms with E-state index in [1.807, 2.05) is 114 Å². The Kier molecular flexibility index (Phi) is 7.62. The van der Waals surface area contributed by atoms with Crippen LogP contribution in [0.5, 0.6) is 0 Å². The van der Waals surface area contributed by atoms with Crippen LogP contribution in [0.3, 0.4) is 0 Å². The molecule has 0 bridgehead atoms. The number of benzene rings is 4. The lowest BCUT2D eigenvalue weighted by molar-refractivity contribution is -0.125. The lowest BCUT2D eigenvalue weighted by atomic mass is 9.75. The predicted molar refractivity (Wildman–Crippen MR) is 167 cm³/mol. The van der Waals surface area contributed by atoms with E-state index in [4.69, 9.17) is 4.74 Å². The summed E-state index contributed by atoms with van der Waals surface area (Å²) in [6.07, 6.45) is 1.16. The Bertz CT molecular complexity index is 1470. The molecule has 5 nitrogen and oxygen atoms in total. The maximum Gasteiger partial charge on any atom is 0.408 e. The van der Waals surface area contributed by atoms with Crippen molar-refractivity contribution in [1.29, 1.82) is 0 Å². The van der Waals surface area contributed by atoms with Crippen LogP contribution in [0.25, 0.3) is 0 Å². The van der Waals surface area contributed by atoms with E-state index in [0.717, 1.165) is 21.2 Å². The van der Waals surface area contributed by atoms with Gasteiger partial charge in [-0.25, -0.2) is 4.79 Å². The molecule has 2 amide bonds. The van der Waals surface area contributed by atoms with Gasteiger partial charge in [-0.05, 0) is 49.6 Å². The summed E-state index contributed by atoms with van der Waals surface area (Å²) in [6.45, 7) is 9.36. The van der Waals surface area contributed by atoms with Gasteiger partial charge in [0.1, 0.15) is 11.1 Å². The highest BCUT2D eigenvalue weighted by Crippen LogP contribution is 2.53. The minimum Gasteiger partial charge on any atom is -0.444 e. The lowest BCUT2D eigenvalue weighted by Gasteiger charge is -2.44. The van der Waals surface area contributed by atoms with Crippen LogP contribution >= 0.6 is 15.9 Å². The average molecular weight is 610 g/mol. The summed E-state index contributed by atoms with van der Waals surface area (Å²) in [5, 5.41) is 2.99. The molecule has 6 heteroatoms. The van der Waals surface area contributed by atoms with Crippen molar-refractivity contribution in [3.63, 3.8) is 0 Å². The normalized spacial score (nSPS) is 16.7. The highest BCUT2D eigenvalue weighted by atomic mass is 79.9. The summed E-state index contributed by atoms with van der Waals surface area (Å²) >= 11 is 3.64. The number of amides is 2. The number of nitrogens with zero attached hydrogens (tertiary/aromatic N) is 1. The number of alkyl carbamates (subject to hydrolysis) is 1. The topological polar surface area (TPSA) is 58.6 Å². The van der Waals surface area contributed by atoms with Crippen LogP contribution in [0.2, 0.25) is 0 Å². The van der Waals surface area contributed by atoms with Crippen molar-refractivity contribution in [3.05, 3.63) is 149 Å². The molecule has 4 aromatic rings. The minimum absolute atomic E-state index is 0.171. The first kappa shape index (κ1) is 28.4. The summed E-state index contributed by atoms with van der Waals surface area (Å²) in [7, 11) is 0. The number of rotatable bonds is 7. The standard InChI is InChI=1S/C35H33BrN2O3/c1-5-23-34(37-32(40)41-33(2,3)4)29-22-21-28(36)24-30(29)38(31(34)39)35(25-15-9-6-10-16-25,26-17-11-7-12-18-26)27-19-13-8-14-20-27/h5-22,24H,1,23H2,2-4H3,(H,37,40)/t34-/m0/s1. The van der Waals surface area contributed by atoms with Gasteiger partial charge in [0.15, 0.2) is 5.54 Å². The van der Waals surface area contributed by atoms with E-state index in [1.165, 1.54) is 0 Å². The fraction of sp³-hybridized carbons (Fsp3) is 0.200. The molecule has 0 aliphatic carbocycles. The predicted octanol–water partition coefficient (Wildman–Crippen LogP) is 8.08. The highest BCUT2D eigenvalue weighted by Gasteiger charge is 2.59. The largest absolute Gasteiger partial charge is 0.444 e. The molecule has 41 heavy (non-hydrogen) atoms. The van der Waals surface area contributed by atoms with E-state index in [-0.39, 0.29) is 12.3 Å². The Morgan fingerprint density at radius 3 is 1.80 bits per heavy atom. The number of nitrogens with one attached hydrogen (secondary N) is 1. The van der Waals surface area contributed by atoms with Crippen LogP contribution in [0, 0.1) is 0 Å². The number of hydrogen-bond acceptors (Lipinski definition) is 3. The summed E-state index contributed by atoms with van der Waals surface area (Å²) < 4.78 is 6.48. The first-order valence-corrected chi connectivity index (χ1v) is 14.4. The second kappa shape index (κ2) is 11.0. The van der Waals surface area contributed by atoms with Crippen molar-refractivity contribution in [2.24, 2.45) is 0 Å². The molecule has 5 rings (SSSR count). The Morgan fingerprint density at radius 2 is 1.37 bits per heavy atom. The fourth-order valence-corrected chi connectivity index (χ4v) is 6.14. The molecule has 0 spiro atoms. The molecule has 1 aliphatic rings. The molecule has 0 saturated carbocycles. The second-order valence-corrected chi connectivity index (χ2v) is 12.1. The van der Waals surface area contributed by atoms with Crippen LogP contribution in [-0.4, -0.2) is 17.6 Å². The number of anilines is 1. The third kappa shape index (κ3) is 4.97. The van der Waals surface area contributed by atoms with Gasteiger partial charge in [0, 0.05) is 16.5 Å². The van der Waals surface area contributed by atoms with Crippen LogP contribution in [0.1, 0.15) is 49.4 Å². The van der Waals surface area contributed by atoms with Gasteiger partial charge >= 0.3 is 6.09 Å². The number of fused-ring (bicyclic) bond motifs is 1. The Labute approximate surface area is 250 Å². The van der Waals surface area contributed by atoms with Crippen molar-refractivity contribution in [1.82, 2.24) is 5.32 Å². The van der Waals surface area contributed by atoms with Crippen LogP contribution in [0.4, 0.5) is 10.5 Å². The smallest absolute Gasteiger partial charge is 0.408 e. The Morgan fingerprint density at radius 1 is 0.878 bits per heavy atom. The summed E-state index contributed by atoms with van der Waals surface area (Å²) in [4.78, 5) is 30.4. The van der Waals surface area contributed by atoms with Crippen molar-refractivity contribution in [2.75, 3.05) is 4.90 Å². The molecule has 0 saturated heterocycles. The van der Waals surface area contributed by atoms with E-state index < -0.39 is 22.8 Å². The van der Waals surface area contributed by atoms with Gasteiger partial charge in [0.2, 0.25) is 0 Å². The molecule has 0 radical (unpaired) electrons. The number of carbonyl (C=O) groups is 2. The molecule has 0 unspecified atom stereocenters. The summed E-state index contributed by atoms with van der Waals surface area (Å²) in [5.74, 6) is -0.284. The van der Waals surface area contributed by atoms with Gasteiger partial charge in [-0.3, -0.25) is 9.69 Å². The molecule has 1 N–H and O–H groups in total. The van der Waals surface area contributed by atoms with Crippen molar-refractivity contribution in [3.8, 4) is 0 Å². The molecular weight excluding hydrogens is 576 g/mol. The second-order valence-electron chi connectivity index (χ2n) is 11.1. The number of ether oxygens (including phenoxy) is 1. The Hall–Kier alpha value is -4.16. The maximum atomic E-state index is 15.2. The van der Waals surface area contributed by atoms with Crippen molar-refractivity contribution in [2.45, 2.75) is 43.9 Å². The van der Waals surface area contributed by atoms with Gasteiger partial charge in [-0.15, -0.1) is 6.58 Å². The van der Waals surface area contributed by atoms with Gasteiger partial charge in [-0.1, -0.05) is 119 Å². The maximum absolute atomic E-state index is 15.2. The zero-order valence-corrected chi connectivity index (χ0v) is 25.0. The van der Waals surface area contributed by atoms with Crippen LogP contribution in [-0.2, 0) is 20.6 Å². The van der Waals surface area contributed by atoms with E-state index in [9.17, 15) is 4.79 Å². The number of halogens is 1.